The number of anilines is 1. The highest BCUT2D eigenvalue weighted by atomic mass is 16.5. The molecule has 0 spiro atoms. The van der Waals surface area contributed by atoms with Crippen LogP contribution >= 0.6 is 0 Å². The van der Waals surface area contributed by atoms with Crippen molar-refractivity contribution < 1.29 is 4.74 Å². The van der Waals surface area contributed by atoms with Gasteiger partial charge in [0.2, 0.25) is 5.95 Å². The van der Waals surface area contributed by atoms with Crippen molar-refractivity contribution in [2.45, 2.75) is 26.0 Å². The van der Waals surface area contributed by atoms with Gasteiger partial charge in [-0.15, -0.1) is 0 Å². The SMILES string of the molecule is Cc1ccccc1[C@@H]1CN(c2nc3ccccc3c(=O)[nH]2)[C@@H](C)CO1. The number of nitrogens with zero attached hydrogens (tertiary/aromatic N) is 2. The third kappa shape index (κ3) is 2.91. The molecule has 0 unspecified atom stereocenters. The zero-order chi connectivity index (χ0) is 17.4. The first-order valence-corrected chi connectivity index (χ1v) is 8.56. The van der Waals surface area contributed by atoms with Crippen LogP contribution in [-0.2, 0) is 4.74 Å². The summed E-state index contributed by atoms with van der Waals surface area (Å²) in [6.45, 7) is 5.43. The highest BCUT2D eigenvalue weighted by Gasteiger charge is 2.29. The number of para-hydroxylation sites is 1. The van der Waals surface area contributed by atoms with Crippen LogP contribution in [0.1, 0.15) is 24.2 Å². The summed E-state index contributed by atoms with van der Waals surface area (Å²) in [5.41, 5.74) is 3.00. The summed E-state index contributed by atoms with van der Waals surface area (Å²) in [6.07, 6.45) is -0.0332. The second-order valence-corrected chi connectivity index (χ2v) is 6.59. The Morgan fingerprint density at radius 2 is 1.92 bits per heavy atom. The van der Waals surface area contributed by atoms with E-state index in [0.29, 0.717) is 30.0 Å². The van der Waals surface area contributed by atoms with Crippen LogP contribution in [0.2, 0.25) is 0 Å². The van der Waals surface area contributed by atoms with Gasteiger partial charge in [0.15, 0.2) is 0 Å². The molecule has 2 atom stereocenters. The molecule has 1 aromatic heterocycles. The molecule has 1 aliphatic heterocycles. The Balaban J connectivity index is 1.71. The topological polar surface area (TPSA) is 58.2 Å². The van der Waals surface area contributed by atoms with Gasteiger partial charge in [-0.1, -0.05) is 36.4 Å². The summed E-state index contributed by atoms with van der Waals surface area (Å²) >= 11 is 0. The van der Waals surface area contributed by atoms with Crippen molar-refractivity contribution in [2.75, 3.05) is 18.1 Å². The number of aryl methyl sites for hydroxylation is 1. The van der Waals surface area contributed by atoms with E-state index in [9.17, 15) is 4.79 Å². The number of aromatic amines is 1. The Hall–Kier alpha value is -2.66. The lowest BCUT2D eigenvalue weighted by Crippen LogP contribution is -2.46. The molecule has 2 aromatic carbocycles. The fourth-order valence-electron chi connectivity index (χ4n) is 3.40. The number of H-pyrrole nitrogens is 1. The Bertz CT molecular complexity index is 966. The quantitative estimate of drug-likeness (QED) is 0.781. The van der Waals surface area contributed by atoms with Crippen LogP contribution in [0.5, 0.6) is 0 Å². The van der Waals surface area contributed by atoms with Crippen LogP contribution in [0.4, 0.5) is 5.95 Å². The van der Waals surface area contributed by atoms with Gasteiger partial charge >= 0.3 is 0 Å². The molecule has 0 saturated carbocycles. The van der Waals surface area contributed by atoms with E-state index in [1.54, 1.807) is 6.07 Å². The highest BCUT2D eigenvalue weighted by molar-refractivity contribution is 5.78. The molecule has 5 heteroatoms. The molecule has 2 heterocycles. The zero-order valence-electron chi connectivity index (χ0n) is 14.4. The molecule has 5 nitrogen and oxygen atoms in total. The largest absolute Gasteiger partial charge is 0.370 e. The minimum Gasteiger partial charge on any atom is -0.370 e. The van der Waals surface area contributed by atoms with Crippen LogP contribution < -0.4 is 10.5 Å². The van der Waals surface area contributed by atoms with Gasteiger partial charge in [-0.25, -0.2) is 4.98 Å². The van der Waals surface area contributed by atoms with Gasteiger partial charge in [-0.05, 0) is 37.1 Å². The zero-order valence-corrected chi connectivity index (χ0v) is 14.4. The molecule has 1 saturated heterocycles. The van der Waals surface area contributed by atoms with Gasteiger partial charge in [0.05, 0.1) is 30.1 Å². The first-order valence-electron chi connectivity index (χ1n) is 8.56. The number of morpholine rings is 1. The predicted molar refractivity (Wildman–Crippen MR) is 99.0 cm³/mol. The molecular weight excluding hydrogens is 314 g/mol. The fourth-order valence-corrected chi connectivity index (χ4v) is 3.40. The van der Waals surface area contributed by atoms with Gasteiger partial charge in [-0.2, -0.15) is 0 Å². The summed E-state index contributed by atoms with van der Waals surface area (Å²) in [4.78, 5) is 22.2. The number of benzene rings is 2. The van der Waals surface area contributed by atoms with Crippen LogP contribution in [0.25, 0.3) is 10.9 Å². The van der Waals surface area contributed by atoms with Crippen molar-refractivity contribution in [3.63, 3.8) is 0 Å². The van der Waals surface area contributed by atoms with Crippen molar-refractivity contribution in [3.8, 4) is 0 Å². The van der Waals surface area contributed by atoms with Crippen molar-refractivity contribution in [1.29, 1.82) is 0 Å². The molecular formula is C20H21N3O2. The summed E-state index contributed by atoms with van der Waals surface area (Å²) < 4.78 is 6.07. The Morgan fingerprint density at radius 3 is 2.76 bits per heavy atom. The van der Waals surface area contributed by atoms with Crippen molar-refractivity contribution in [2.24, 2.45) is 0 Å². The third-order valence-corrected chi connectivity index (χ3v) is 4.84. The minimum absolute atomic E-state index is 0.0332. The Morgan fingerprint density at radius 1 is 1.16 bits per heavy atom. The average molecular weight is 335 g/mol. The van der Waals surface area contributed by atoms with Gasteiger partial charge in [-0.3, -0.25) is 9.78 Å². The first kappa shape index (κ1) is 15.8. The van der Waals surface area contributed by atoms with E-state index in [1.807, 2.05) is 30.3 Å². The standard InChI is InChI=1S/C20H21N3O2/c1-13-7-3-4-8-15(13)18-11-23(14(2)12-25-18)20-21-17-10-6-5-9-16(17)19(24)22-20/h3-10,14,18H,11-12H2,1-2H3,(H,21,22,24)/t14-,18-/m0/s1. The third-order valence-electron chi connectivity index (χ3n) is 4.84. The van der Waals surface area contributed by atoms with E-state index in [1.165, 1.54) is 11.1 Å². The first-order chi connectivity index (χ1) is 12.1. The minimum atomic E-state index is -0.105. The van der Waals surface area contributed by atoms with Crippen molar-refractivity contribution in [3.05, 3.63) is 70.0 Å². The molecule has 3 aromatic rings. The molecule has 128 valence electrons. The number of rotatable bonds is 2. The van der Waals surface area contributed by atoms with Crippen LogP contribution in [0.3, 0.4) is 0 Å². The number of nitrogens with one attached hydrogen (secondary N) is 1. The van der Waals surface area contributed by atoms with Gasteiger partial charge < -0.3 is 9.64 Å². The average Bonchev–Trinajstić information content (AvgIpc) is 2.63. The molecule has 0 aliphatic carbocycles. The van der Waals surface area contributed by atoms with E-state index in [4.69, 9.17) is 4.74 Å². The second kappa shape index (κ2) is 6.33. The molecule has 1 aliphatic rings. The van der Waals surface area contributed by atoms with Gasteiger partial charge in [0.1, 0.15) is 6.10 Å². The molecule has 1 fully saturated rings. The fraction of sp³-hybridized carbons (Fsp3) is 0.300. The number of hydrogen-bond donors (Lipinski definition) is 1. The summed E-state index contributed by atoms with van der Waals surface area (Å²) in [6, 6.07) is 15.8. The number of hydrogen-bond acceptors (Lipinski definition) is 4. The summed E-state index contributed by atoms with van der Waals surface area (Å²) in [5, 5.41) is 0.614. The maximum atomic E-state index is 12.4. The molecule has 0 radical (unpaired) electrons. The summed E-state index contributed by atoms with van der Waals surface area (Å²) in [5.74, 6) is 0.609. The lowest BCUT2D eigenvalue weighted by Gasteiger charge is -2.39. The van der Waals surface area contributed by atoms with Crippen LogP contribution in [0.15, 0.2) is 53.3 Å². The monoisotopic (exact) mass is 335 g/mol. The van der Waals surface area contributed by atoms with E-state index in [0.717, 1.165) is 0 Å². The molecule has 4 rings (SSSR count). The Labute approximate surface area is 146 Å². The van der Waals surface area contributed by atoms with E-state index in [2.05, 4.69) is 40.8 Å². The maximum absolute atomic E-state index is 12.4. The number of fused-ring (bicyclic) bond motifs is 1. The Kier molecular flexibility index (Phi) is 4.01. The van der Waals surface area contributed by atoms with E-state index < -0.39 is 0 Å². The van der Waals surface area contributed by atoms with E-state index >= 15 is 0 Å². The van der Waals surface area contributed by atoms with Crippen LogP contribution in [0, 0.1) is 6.92 Å². The predicted octanol–water partition coefficient (Wildman–Crippen LogP) is 3.20. The highest BCUT2D eigenvalue weighted by Crippen LogP contribution is 2.29. The summed E-state index contributed by atoms with van der Waals surface area (Å²) in [7, 11) is 0. The second-order valence-electron chi connectivity index (χ2n) is 6.59. The van der Waals surface area contributed by atoms with Gasteiger partial charge in [0, 0.05) is 0 Å². The van der Waals surface area contributed by atoms with Crippen molar-refractivity contribution in [1.82, 2.24) is 9.97 Å². The smallest absolute Gasteiger partial charge is 0.260 e. The normalized spacial score (nSPS) is 20.8. The lowest BCUT2D eigenvalue weighted by atomic mass is 10.0. The lowest BCUT2D eigenvalue weighted by molar-refractivity contribution is 0.0205. The van der Waals surface area contributed by atoms with E-state index in [-0.39, 0.29) is 17.7 Å². The number of aromatic nitrogens is 2. The molecule has 25 heavy (non-hydrogen) atoms. The van der Waals surface area contributed by atoms with Gasteiger partial charge in [0.25, 0.3) is 5.56 Å². The maximum Gasteiger partial charge on any atom is 0.260 e. The molecule has 0 bridgehead atoms. The van der Waals surface area contributed by atoms with Crippen LogP contribution in [-0.4, -0.2) is 29.2 Å². The van der Waals surface area contributed by atoms with Crippen molar-refractivity contribution >= 4 is 16.9 Å². The number of ether oxygens (including phenoxy) is 1. The molecule has 1 N–H and O–H groups in total. The molecule has 0 amide bonds.